The fourth-order valence-electron chi connectivity index (χ4n) is 1.94. The van der Waals surface area contributed by atoms with E-state index in [0.717, 1.165) is 18.8 Å². The van der Waals surface area contributed by atoms with E-state index in [2.05, 4.69) is 33.2 Å². The number of hydrogen-bond acceptors (Lipinski definition) is 5. The second-order valence-corrected chi connectivity index (χ2v) is 5.88. The number of thioether (sulfide) groups is 1. The molecule has 0 aliphatic rings. The number of hydrazine groups is 1. The van der Waals surface area contributed by atoms with Gasteiger partial charge >= 0.3 is 0 Å². The van der Waals surface area contributed by atoms with Crippen LogP contribution in [0.2, 0.25) is 0 Å². The van der Waals surface area contributed by atoms with E-state index in [1.165, 1.54) is 24.2 Å². The molecule has 1 aromatic carbocycles. The van der Waals surface area contributed by atoms with Crippen LogP contribution in [0.3, 0.4) is 0 Å². The number of hydrogen-bond donors (Lipinski definition) is 2. The van der Waals surface area contributed by atoms with Crippen LogP contribution in [0.5, 0.6) is 0 Å². The smallest absolute Gasteiger partial charge is 0.248 e. The third-order valence-electron chi connectivity index (χ3n) is 3.08. The summed E-state index contributed by atoms with van der Waals surface area (Å²) < 4.78 is 1.99. The molecular formula is C15H19N5O2S. The number of amides is 2. The lowest BCUT2D eigenvalue weighted by Crippen LogP contribution is -2.41. The van der Waals surface area contributed by atoms with Gasteiger partial charge < -0.3 is 4.57 Å². The van der Waals surface area contributed by atoms with Gasteiger partial charge in [0.15, 0.2) is 5.16 Å². The second kappa shape index (κ2) is 8.33. The van der Waals surface area contributed by atoms with Crippen LogP contribution < -0.4 is 10.9 Å². The molecule has 0 spiro atoms. The molecule has 23 heavy (non-hydrogen) atoms. The average molecular weight is 333 g/mol. The number of aromatic nitrogens is 3. The summed E-state index contributed by atoms with van der Waals surface area (Å²) in [4.78, 5) is 22.4. The Kier molecular flexibility index (Phi) is 6.16. The lowest BCUT2D eigenvalue weighted by atomic mass is 10.1. The van der Waals surface area contributed by atoms with Crippen LogP contribution in [0.25, 0.3) is 0 Å². The number of nitrogens with one attached hydrogen (secondary N) is 2. The number of benzene rings is 1. The van der Waals surface area contributed by atoms with Crippen LogP contribution in [-0.4, -0.2) is 32.3 Å². The van der Waals surface area contributed by atoms with Crippen molar-refractivity contribution in [3.63, 3.8) is 0 Å². The largest absolute Gasteiger partial charge is 0.306 e. The number of carbonyl (C=O) groups is 2. The molecule has 7 nitrogen and oxygen atoms in total. The van der Waals surface area contributed by atoms with E-state index in [0.29, 0.717) is 5.16 Å². The minimum atomic E-state index is -0.315. The molecule has 0 saturated heterocycles. The molecule has 1 heterocycles. The quantitative estimate of drug-likeness (QED) is 0.610. The molecule has 122 valence electrons. The summed E-state index contributed by atoms with van der Waals surface area (Å²) in [6.45, 7) is 3.97. The summed E-state index contributed by atoms with van der Waals surface area (Å²) in [7, 11) is 0. The Bertz CT molecular complexity index is 672. The molecule has 0 aliphatic heterocycles. The fraction of sp³-hybridized carbons (Fsp3) is 0.333. The number of carbonyl (C=O) groups excluding carboxylic acids is 2. The van der Waals surface area contributed by atoms with Crippen LogP contribution in [-0.2, 0) is 22.6 Å². The molecule has 2 N–H and O–H groups in total. The van der Waals surface area contributed by atoms with Gasteiger partial charge in [-0.25, -0.2) is 0 Å². The minimum Gasteiger partial charge on any atom is -0.306 e. The lowest BCUT2D eigenvalue weighted by molar-refractivity contribution is -0.126. The summed E-state index contributed by atoms with van der Waals surface area (Å²) in [5, 5.41) is 8.87. The van der Waals surface area contributed by atoms with Crippen LogP contribution in [0.1, 0.15) is 18.3 Å². The molecular weight excluding hydrogens is 314 g/mol. The summed E-state index contributed by atoms with van der Waals surface area (Å²) >= 11 is 1.29. The minimum absolute atomic E-state index is 0.156. The van der Waals surface area contributed by atoms with E-state index in [1.807, 2.05) is 29.7 Å². The maximum absolute atomic E-state index is 11.6. The van der Waals surface area contributed by atoms with Gasteiger partial charge in [0, 0.05) is 13.5 Å². The first-order valence-corrected chi connectivity index (χ1v) is 8.17. The zero-order chi connectivity index (χ0) is 16.7. The van der Waals surface area contributed by atoms with Crippen LogP contribution >= 0.6 is 11.8 Å². The Morgan fingerprint density at radius 1 is 1.17 bits per heavy atom. The highest BCUT2D eigenvalue weighted by Gasteiger charge is 2.12. The standard InChI is InChI=1S/C15H19N5O2S/c1-11-16-19-15(23-10-14(22)18-17-12(2)21)20(11)9-8-13-6-4-3-5-7-13/h3-7H,8-10H2,1-2H3,(H,17,21)(H,18,22). The lowest BCUT2D eigenvalue weighted by Gasteiger charge is -2.09. The summed E-state index contributed by atoms with van der Waals surface area (Å²) in [5.74, 6) is 0.361. The highest BCUT2D eigenvalue weighted by Crippen LogP contribution is 2.17. The predicted octanol–water partition coefficient (Wildman–Crippen LogP) is 1.09. The molecule has 0 saturated carbocycles. The fourth-order valence-corrected chi connectivity index (χ4v) is 2.75. The van der Waals surface area contributed by atoms with Gasteiger partial charge in [-0.05, 0) is 18.9 Å². The van der Waals surface area contributed by atoms with E-state index in [4.69, 9.17) is 0 Å². The van der Waals surface area contributed by atoms with E-state index < -0.39 is 0 Å². The topological polar surface area (TPSA) is 88.9 Å². The first kappa shape index (κ1) is 17.0. The Labute approximate surface area is 138 Å². The molecule has 2 rings (SSSR count). The molecule has 0 fully saturated rings. The third kappa shape index (κ3) is 5.41. The van der Waals surface area contributed by atoms with Crippen LogP contribution in [0.4, 0.5) is 0 Å². The molecule has 0 aliphatic carbocycles. The molecule has 0 unspecified atom stereocenters. The van der Waals surface area contributed by atoms with Gasteiger partial charge in [0.1, 0.15) is 5.82 Å². The van der Waals surface area contributed by atoms with Gasteiger partial charge in [-0.15, -0.1) is 10.2 Å². The van der Waals surface area contributed by atoms with Crippen molar-refractivity contribution in [2.45, 2.75) is 32.0 Å². The third-order valence-corrected chi connectivity index (χ3v) is 4.05. The average Bonchev–Trinajstić information content (AvgIpc) is 2.90. The Balaban J connectivity index is 1.90. The van der Waals surface area contributed by atoms with E-state index in [-0.39, 0.29) is 17.6 Å². The first-order valence-electron chi connectivity index (χ1n) is 7.18. The van der Waals surface area contributed by atoms with Crippen molar-refractivity contribution in [1.29, 1.82) is 0 Å². The summed E-state index contributed by atoms with van der Waals surface area (Å²) in [6.07, 6.45) is 0.866. The maximum atomic E-state index is 11.6. The molecule has 8 heteroatoms. The van der Waals surface area contributed by atoms with Crippen molar-refractivity contribution < 1.29 is 9.59 Å². The summed E-state index contributed by atoms with van der Waals surface area (Å²) in [6, 6.07) is 10.2. The van der Waals surface area contributed by atoms with Crippen molar-refractivity contribution in [3.8, 4) is 0 Å². The van der Waals surface area contributed by atoms with Crippen molar-refractivity contribution in [1.82, 2.24) is 25.6 Å². The van der Waals surface area contributed by atoms with Gasteiger partial charge in [0.25, 0.3) is 0 Å². The molecule has 0 bridgehead atoms. The zero-order valence-electron chi connectivity index (χ0n) is 13.1. The first-order chi connectivity index (χ1) is 11.1. The molecule has 1 aromatic heterocycles. The van der Waals surface area contributed by atoms with Gasteiger partial charge in [0.2, 0.25) is 11.8 Å². The van der Waals surface area contributed by atoms with Crippen molar-refractivity contribution in [2.75, 3.05) is 5.75 Å². The zero-order valence-corrected chi connectivity index (χ0v) is 13.9. The Morgan fingerprint density at radius 2 is 1.91 bits per heavy atom. The molecule has 2 amide bonds. The predicted molar refractivity (Wildman–Crippen MR) is 87.6 cm³/mol. The molecule has 0 radical (unpaired) electrons. The van der Waals surface area contributed by atoms with E-state index >= 15 is 0 Å². The van der Waals surface area contributed by atoms with Gasteiger partial charge in [0.05, 0.1) is 5.75 Å². The SMILES string of the molecule is CC(=O)NNC(=O)CSc1nnc(C)n1CCc1ccccc1. The monoisotopic (exact) mass is 333 g/mol. The second-order valence-electron chi connectivity index (χ2n) is 4.94. The van der Waals surface area contributed by atoms with Crippen LogP contribution in [0.15, 0.2) is 35.5 Å². The highest BCUT2D eigenvalue weighted by atomic mass is 32.2. The van der Waals surface area contributed by atoms with E-state index in [1.54, 1.807) is 0 Å². The Hall–Kier alpha value is -2.35. The summed E-state index contributed by atoms with van der Waals surface area (Å²) in [5.41, 5.74) is 5.81. The van der Waals surface area contributed by atoms with Gasteiger partial charge in [-0.1, -0.05) is 42.1 Å². The number of rotatable bonds is 6. The van der Waals surface area contributed by atoms with E-state index in [9.17, 15) is 9.59 Å². The van der Waals surface area contributed by atoms with Crippen molar-refractivity contribution >= 4 is 23.6 Å². The number of aryl methyl sites for hydroxylation is 2. The Morgan fingerprint density at radius 3 is 2.61 bits per heavy atom. The van der Waals surface area contributed by atoms with Crippen molar-refractivity contribution in [3.05, 3.63) is 41.7 Å². The molecule has 2 aromatic rings. The van der Waals surface area contributed by atoms with Gasteiger partial charge in [-0.3, -0.25) is 20.4 Å². The van der Waals surface area contributed by atoms with Crippen molar-refractivity contribution in [2.24, 2.45) is 0 Å². The maximum Gasteiger partial charge on any atom is 0.248 e. The molecule has 0 atom stereocenters. The van der Waals surface area contributed by atoms with Gasteiger partial charge in [-0.2, -0.15) is 0 Å². The normalized spacial score (nSPS) is 10.3. The van der Waals surface area contributed by atoms with Crippen LogP contribution in [0, 0.1) is 6.92 Å². The number of nitrogens with zero attached hydrogens (tertiary/aromatic N) is 3. The highest BCUT2D eigenvalue weighted by molar-refractivity contribution is 7.99.